The zero-order valence-electron chi connectivity index (χ0n) is 13.2. The van der Waals surface area contributed by atoms with E-state index in [2.05, 4.69) is 36.9 Å². The summed E-state index contributed by atoms with van der Waals surface area (Å²) in [4.78, 5) is 4.27. The van der Waals surface area contributed by atoms with Gasteiger partial charge in [-0.2, -0.15) is 5.10 Å². The van der Waals surface area contributed by atoms with Gasteiger partial charge in [-0.05, 0) is 25.8 Å². The number of benzene rings is 1. The van der Waals surface area contributed by atoms with Gasteiger partial charge in [-0.15, -0.1) is 0 Å². The zero-order valence-corrected chi connectivity index (χ0v) is 13.2. The van der Waals surface area contributed by atoms with Crippen LogP contribution in [-0.2, 0) is 13.2 Å². The van der Waals surface area contributed by atoms with Crippen molar-refractivity contribution in [3.63, 3.8) is 0 Å². The molecule has 2 aromatic rings. The molecule has 21 heavy (non-hydrogen) atoms. The molecule has 0 bridgehead atoms. The Labute approximate surface area is 126 Å². The molecular weight excluding hydrogens is 264 g/mol. The molecule has 1 atom stereocenters. The van der Waals surface area contributed by atoms with Crippen LogP contribution in [0, 0.1) is 12.8 Å². The first-order valence-corrected chi connectivity index (χ1v) is 7.33. The average molecular weight is 288 g/mol. The fourth-order valence-corrected chi connectivity index (χ4v) is 2.20. The van der Waals surface area contributed by atoms with Gasteiger partial charge < -0.3 is 10.5 Å². The van der Waals surface area contributed by atoms with Crippen molar-refractivity contribution in [3.8, 4) is 5.75 Å². The highest BCUT2D eigenvalue weighted by Crippen LogP contribution is 2.25. The molecule has 0 aliphatic heterocycles. The maximum absolute atomic E-state index is 6.01. The van der Waals surface area contributed by atoms with E-state index in [4.69, 9.17) is 10.5 Å². The predicted octanol–water partition coefficient (Wildman–Crippen LogP) is 2.84. The fraction of sp³-hybridized carbons (Fsp3) is 0.500. The first-order chi connectivity index (χ1) is 9.97. The second kappa shape index (κ2) is 6.72. The summed E-state index contributed by atoms with van der Waals surface area (Å²) in [5.41, 5.74) is 8.21. The molecule has 5 heteroatoms. The van der Waals surface area contributed by atoms with Crippen LogP contribution in [0.3, 0.4) is 0 Å². The van der Waals surface area contributed by atoms with Crippen molar-refractivity contribution in [1.82, 2.24) is 14.8 Å². The van der Waals surface area contributed by atoms with Crippen molar-refractivity contribution in [1.29, 1.82) is 0 Å². The van der Waals surface area contributed by atoms with Crippen molar-refractivity contribution < 1.29 is 4.74 Å². The third-order valence-corrected chi connectivity index (χ3v) is 3.25. The molecule has 0 amide bonds. The smallest absolute Gasteiger partial charge is 0.164 e. The minimum absolute atomic E-state index is 0.0616. The summed E-state index contributed by atoms with van der Waals surface area (Å²) in [7, 11) is 0. The lowest BCUT2D eigenvalue weighted by Crippen LogP contribution is -2.13. The molecule has 114 valence electrons. The number of ether oxygens (including phenoxy) is 1. The van der Waals surface area contributed by atoms with Gasteiger partial charge in [0, 0.05) is 18.2 Å². The minimum Gasteiger partial charge on any atom is -0.485 e. The number of aryl methyl sites for hydroxylation is 1. The number of hydrogen-bond acceptors (Lipinski definition) is 4. The molecule has 0 aliphatic carbocycles. The predicted molar refractivity (Wildman–Crippen MR) is 83.0 cm³/mol. The Hall–Kier alpha value is -1.88. The molecule has 2 N–H and O–H groups in total. The van der Waals surface area contributed by atoms with Crippen LogP contribution in [0.25, 0.3) is 0 Å². The Balaban J connectivity index is 2.12. The average Bonchev–Trinajstić information content (AvgIpc) is 2.83. The molecule has 0 saturated heterocycles. The Morgan fingerprint density at radius 3 is 2.71 bits per heavy atom. The molecule has 5 nitrogen and oxygen atoms in total. The summed E-state index contributed by atoms with van der Waals surface area (Å²) in [5, 5.41) is 4.24. The summed E-state index contributed by atoms with van der Waals surface area (Å²) in [6.45, 7) is 9.56. The van der Waals surface area contributed by atoms with Crippen LogP contribution in [0.4, 0.5) is 0 Å². The molecule has 0 fully saturated rings. The minimum atomic E-state index is -0.0616. The van der Waals surface area contributed by atoms with E-state index in [1.165, 1.54) is 5.56 Å². The van der Waals surface area contributed by atoms with Gasteiger partial charge in [0.05, 0.1) is 0 Å². The molecule has 0 unspecified atom stereocenters. The number of nitrogens with zero attached hydrogens (tertiary/aromatic N) is 3. The lowest BCUT2D eigenvalue weighted by Gasteiger charge is -2.15. The molecule has 0 radical (unpaired) electrons. The van der Waals surface area contributed by atoms with Crippen LogP contribution in [0.2, 0.25) is 0 Å². The first kappa shape index (κ1) is 15.5. The largest absolute Gasteiger partial charge is 0.485 e. The third kappa shape index (κ3) is 4.04. The van der Waals surface area contributed by atoms with Crippen molar-refractivity contribution >= 4 is 0 Å². The lowest BCUT2D eigenvalue weighted by atomic mass is 10.1. The van der Waals surface area contributed by atoms with Crippen LogP contribution in [0.15, 0.2) is 24.5 Å². The first-order valence-electron chi connectivity index (χ1n) is 7.33. The molecular formula is C16H24N4O. The van der Waals surface area contributed by atoms with Crippen LogP contribution in [0.1, 0.15) is 43.8 Å². The Morgan fingerprint density at radius 2 is 2.05 bits per heavy atom. The number of rotatable bonds is 6. The van der Waals surface area contributed by atoms with E-state index in [9.17, 15) is 0 Å². The summed E-state index contributed by atoms with van der Waals surface area (Å²) < 4.78 is 7.81. The Bertz CT molecular complexity index is 590. The number of aromatic nitrogens is 3. The highest BCUT2D eigenvalue weighted by Gasteiger charge is 2.11. The number of nitrogens with two attached hydrogens (primary N) is 1. The van der Waals surface area contributed by atoms with Gasteiger partial charge in [-0.25, -0.2) is 9.67 Å². The second-order valence-corrected chi connectivity index (χ2v) is 5.87. The normalized spacial score (nSPS) is 12.7. The van der Waals surface area contributed by atoms with Gasteiger partial charge in [0.1, 0.15) is 18.7 Å². The molecule has 2 rings (SSSR count). The quantitative estimate of drug-likeness (QED) is 0.887. The molecule has 1 heterocycles. The van der Waals surface area contributed by atoms with Crippen LogP contribution in [0.5, 0.6) is 5.75 Å². The van der Waals surface area contributed by atoms with E-state index in [0.717, 1.165) is 23.7 Å². The van der Waals surface area contributed by atoms with Gasteiger partial charge in [0.25, 0.3) is 0 Å². The molecule has 0 saturated carbocycles. The number of hydrogen-bond donors (Lipinski definition) is 1. The summed E-state index contributed by atoms with van der Waals surface area (Å²) in [6.07, 6.45) is 1.57. The maximum atomic E-state index is 6.01. The van der Waals surface area contributed by atoms with Crippen LogP contribution < -0.4 is 10.5 Å². The van der Waals surface area contributed by atoms with E-state index in [0.29, 0.717) is 12.5 Å². The summed E-state index contributed by atoms with van der Waals surface area (Å²) in [5.74, 6) is 2.17. The van der Waals surface area contributed by atoms with E-state index < -0.39 is 0 Å². The summed E-state index contributed by atoms with van der Waals surface area (Å²) in [6, 6.07) is 6.00. The second-order valence-electron chi connectivity index (χ2n) is 5.87. The highest BCUT2D eigenvalue weighted by atomic mass is 16.5. The lowest BCUT2D eigenvalue weighted by molar-refractivity contribution is 0.278. The standard InChI is InChI=1S/C16H24N4O/c1-11(2)8-20-16(18-10-19-20)9-21-15-6-5-12(3)7-14(15)13(4)17/h5-7,10-11,13H,8-9,17H2,1-4H3/t13-/m1/s1. The van der Waals surface area contributed by atoms with Gasteiger partial charge >= 0.3 is 0 Å². The van der Waals surface area contributed by atoms with Crippen molar-refractivity contribution in [2.24, 2.45) is 11.7 Å². The van der Waals surface area contributed by atoms with Crippen molar-refractivity contribution in [2.45, 2.75) is 46.9 Å². The van der Waals surface area contributed by atoms with E-state index in [-0.39, 0.29) is 6.04 Å². The zero-order chi connectivity index (χ0) is 15.4. The SMILES string of the molecule is Cc1ccc(OCc2ncnn2CC(C)C)c([C@@H](C)N)c1. The monoisotopic (exact) mass is 288 g/mol. The van der Waals surface area contributed by atoms with Crippen molar-refractivity contribution in [2.75, 3.05) is 0 Å². The molecule has 0 spiro atoms. The van der Waals surface area contributed by atoms with Crippen LogP contribution >= 0.6 is 0 Å². The Kier molecular flexibility index (Phi) is 4.96. The molecule has 1 aromatic heterocycles. The molecule has 0 aliphatic rings. The van der Waals surface area contributed by atoms with E-state index >= 15 is 0 Å². The van der Waals surface area contributed by atoms with E-state index in [1.54, 1.807) is 6.33 Å². The van der Waals surface area contributed by atoms with Gasteiger partial charge in [0.15, 0.2) is 5.82 Å². The van der Waals surface area contributed by atoms with Gasteiger partial charge in [-0.1, -0.05) is 31.5 Å². The summed E-state index contributed by atoms with van der Waals surface area (Å²) >= 11 is 0. The maximum Gasteiger partial charge on any atom is 0.164 e. The topological polar surface area (TPSA) is 66.0 Å². The van der Waals surface area contributed by atoms with Crippen molar-refractivity contribution in [3.05, 3.63) is 41.5 Å². The van der Waals surface area contributed by atoms with Gasteiger partial charge in [0.2, 0.25) is 0 Å². The van der Waals surface area contributed by atoms with E-state index in [1.807, 2.05) is 23.7 Å². The fourth-order valence-electron chi connectivity index (χ4n) is 2.20. The highest BCUT2D eigenvalue weighted by molar-refractivity contribution is 5.38. The van der Waals surface area contributed by atoms with Crippen LogP contribution in [-0.4, -0.2) is 14.8 Å². The third-order valence-electron chi connectivity index (χ3n) is 3.25. The Morgan fingerprint density at radius 1 is 1.29 bits per heavy atom. The van der Waals surface area contributed by atoms with Gasteiger partial charge in [-0.3, -0.25) is 0 Å². The molecule has 1 aromatic carbocycles.